The van der Waals surface area contributed by atoms with Crippen molar-refractivity contribution in [3.8, 4) is 11.3 Å². The Morgan fingerprint density at radius 1 is 1.21 bits per heavy atom. The summed E-state index contributed by atoms with van der Waals surface area (Å²) in [5.41, 5.74) is 6.05. The Balaban J connectivity index is 1.77. The van der Waals surface area contributed by atoms with Crippen LogP contribution >= 0.6 is 0 Å². The topological polar surface area (TPSA) is 72.2 Å². The van der Waals surface area contributed by atoms with Gasteiger partial charge in [-0.05, 0) is 50.3 Å². The van der Waals surface area contributed by atoms with E-state index < -0.39 is 0 Å². The van der Waals surface area contributed by atoms with Gasteiger partial charge in [0.1, 0.15) is 0 Å². The van der Waals surface area contributed by atoms with Crippen LogP contribution in [0, 0.1) is 6.92 Å². The first-order valence-electron chi connectivity index (χ1n) is 8.24. The fourth-order valence-electron chi connectivity index (χ4n) is 3.28. The first kappa shape index (κ1) is 14.8. The second-order valence-corrected chi connectivity index (χ2v) is 6.31. The Morgan fingerprint density at radius 2 is 2.04 bits per heavy atom. The lowest BCUT2D eigenvalue weighted by Gasteiger charge is -2.14. The van der Waals surface area contributed by atoms with Crippen LogP contribution in [-0.4, -0.2) is 25.5 Å². The largest absolute Gasteiger partial charge is 0.326 e. The van der Waals surface area contributed by atoms with Crippen molar-refractivity contribution in [3.05, 3.63) is 41.3 Å². The van der Waals surface area contributed by atoms with Gasteiger partial charge in [0.15, 0.2) is 0 Å². The Hall–Kier alpha value is -2.76. The van der Waals surface area contributed by atoms with Crippen LogP contribution in [-0.2, 0) is 17.6 Å². The molecular weight excluding hydrogens is 302 g/mol. The Bertz CT molecular complexity index is 944. The van der Waals surface area contributed by atoms with Gasteiger partial charge in [-0.3, -0.25) is 9.20 Å². The number of carbonyl (C=O) groups is 1. The molecule has 0 saturated heterocycles. The SMILES string of the molecule is CC(=O)Nc1ccc(-c2cn3c4c(nnc3n2)CCCC4)cc1C. The molecule has 3 aromatic rings. The van der Waals surface area contributed by atoms with Crippen LogP contribution in [0.4, 0.5) is 5.69 Å². The quantitative estimate of drug-likeness (QED) is 0.787. The average Bonchev–Trinajstić information content (AvgIpc) is 3.01. The Kier molecular flexibility index (Phi) is 3.52. The van der Waals surface area contributed by atoms with E-state index in [1.54, 1.807) is 0 Å². The molecule has 0 radical (unpaired) electrons. The summed E-state index contributed by atoms with van der Waals surface area (Å²) in [6.45, 7) is 3.49. The number of rotatable bonds is 2. The summed E-state index contributed by atoms with van der Waals surface area (Å²) in [6, 6.07) is 5.92. The standard InChI is InChI=1S/C18H19N5O/c1-11-9-13(7-8-14(11)19-12(2)24)16-10-23-17-6-4-3-5-15(17)21-22-18(23)20-16/h7-10H,3-6H2,1-2H3,(H,19,24). The third-order valence-electron chi connectivity index (χ3n) is 4.48. The molecule has 6 nitrogen and oxygen atoms in total. The molecule has 1 aromatic carbocycles. The minimum absolute atomic E-state index is 0.0690. The summed E-state index contributed by atoms with van der Waals surface area (Å²) in [4.78, 5) is 15.9. The maximum atomic E-state index is 11.2. The number of benzene rings is 1. The van der Waals surface area contributed by atoms with Crippen molar-refractivity contribution >= 4 is 17.4 Å². The van der Waals surface area contributed by atoms with Crippen LogP contribution < -0.4 is 5.32 Å². The first-order valence-corrected chi connectivity index (χ1v) is 8.24. The number of carbonyl (C=O) groups excluding carboxylic acids is 1. The molecule has 0 saturated carbocycles. The van der Waals surface area contributed by atoms with Crippen molar-refractivity contribution in [1.29, 1.82) is 0 Å². The molecule has 122 valence electrons. The molecule has 2 aromatic heterocycles. The molecule has 1 amide bonds. The number of nitrogens with one attached hydrogen (secondary N) is 1. The van der Waals surface area contributed by atoms with Gasteiger partial charge in [0, 0.05) is 30.1 Å². The summed E-state index contributed by atoms with van der Waals surface area (Å²) >= 11 is 0. The molecule has 2 heterocycles. The maximum Gasteiger partial charge on any atom is 0.254 e. The molecule has 24 heavy (non-hydrogen) atoms. The van der Waals surface area contributed by atoms with Crippen LogP contribution in [0.3, 0.4) is 0 Å². The van der Waals surface area contributed by atoms with E-state index in [0.29, 0.717) is 5.78 Å². The smallest absolute Gasteiger partial charge is 0.254 e. The maximum absolute atomic E-state index is 11.2. The molecule has 4 rings (SSSR count). The highest BCUT2D eigenvalue weighted by molar-refractivity contribution is 5.90. The highest BCUT2D eigenvalue weighted by atomic mass is 16.1. The molecule has 0 unspecified atom stereocenters. The number of aromatic nitrogens is 4. The second kappa shape index (κ2) is 5.70. The van der Waals surface area contributed by atoms with E-state index in [2.05, 4.69) is 24.9 Å². The van der Waals surface area contributed by atoms with Crippen LogP contribution in [0.25, 0.3) is 17.0 Å². The molecule has 0 fully saturated rings. The van der Waals surface area contributed by atoms with Gasteiger partial charge in [-0.2, -0.15) is 5.10 Å². The number of amides is 1. The van der Waals surface area contributed by atoms with Crippen LogP contribution in [0.5, 0.6) is 0 Å². The lowest BCUT2D eigenvalue weighted by Crippen LogP contribution is -2.12. The number of hydrogen-bond acceptors (Lipinski definition) is 4. The third kappa shape index (κ3) is 2.54. The number of aryl methyl sites for hydroxylation is 3. The van der Waals surface area contributed by atoms with E-state index in [1.807, 2.05) is 31.3 Å². The van der Waals surface area contributed by atoms with Crippen molar-refractivity contribution in [2.45, 2.75) is 39.5 Å². The normalized spacial score (nSPS) is 13.8. The molecular formula is C18H19N5O. The number of hydrogen-bond donors (Lipinski definition) is 1. The summed E-state index contributed by atoms with van der Waals surface area (Å²) in [7, 11) is 0. The van der Waals surface area contributed by atoms with Gasteiger partial charge < -0.3 is 5.32 Å². The van der Waals surface area contributed by atoms with E-state index in [-0.39, 0.29) is 5.91 Å². The van der Waals surface area contributed by atoms with Crippen molar-refractivity contribution in [1.82, 2.24) is 19.6 Å². The second-order valence-electron chi connectivity index (χ2n) is 6.31. The molecule has 6 heteroatoms. The van der Waals surface area contributed by atoms with Crippen LogP contribution in [0.15, 0.2) is 24.4 Å². The van der Waals surface area contributed by atoms with Gasteiger partial charge in [-0.25, -0.2) is 4.98 Å². The number of nitrogens with zero attached hydrogens (tertiary/aromatic N) is 4. The zero-order valence-corrected chi connectivity index (χ0v) is 13.8. The van der Waals surface area contributed by atoms with Gasteiger partial charge in [0.2, 0.25) is 5.91 Å². The van der Waals surface area contributed by atoms with Crippen molar-refractivity contribution in [3.63, 3.8) is 0 Å². The predicted octanol–water partition coefficient (Wildman–Crippen LogP) is 2.94. The summed E-state index contributed by atoms with van der Waals surface area (Å²) in [6.07, 6.45) is 6.43. The van der Waals surface area contributed by atoms with Gasteiger partial charge in [0.25, 0.3) is 5.78 Å². The van der Waals surface area contributed by atoms with E-state index in [4.69, 9.17) is 0 Å². The number of anilines is 1. The molecule has 0 bridgehead atoms. The van der Waals surface area contributed by atoms with Crippen molar-refractivity contribution in [2.75, 3.05) is 5.32 Å². The minimum atomic E-state index is -0.0690. The average molecular weight is 321 g/mol. The zero-order chi connectivity index (χ0) is 16.7. The highest BCUT2D eigenvalue weighted by Gasteiger charge is 2.17. The summed E-state index contributed by atoms with van der Waals surface area (Å²) in [5.74, 6) is 0.578. The Morgan fingerprint density at radius 3 is 2.83 bits per heavy atom. The van der Waals surface area contributed by atoms with Crippen LogP contribution in [0.2, 0.25) is 0 Å². The van der Waals surface area contributed by atoms with Gasteiger partial charge in [0.05, 0.1) is 11.4 Å². The molecule has 1 aliphatic rings. The third-order valence-corrected chi connectivity index (χ3v) is 4.48. The summed E-state index contributed by atoms with van der Waals surface area (Å²) < 4.78 is 2.08. The molecule has 0 atom stereocenters. The van der Waals surface area contributed by atoms with E-state index in [0.717, 1.165) is 41.0 Å². The van der Waals surface area contributed by atoms with E-state index >= 15 is 0 Å². The monoisotopic (exact) mass is 321 g/mol. The number of imidazole rings is 1. The van der Waals surface area contributed by atoms with Crippen molar-refractivity contribution < 1.29 is 4.79 Å². The summed E-state index contributed by atoms with van der Waals surface area (Å²) in [5, 5.41) is 11.4. The molecule has 1 aliphatic carbocycles. The molecule has 0 aliphatic heterocycles. The van der Waals surface area contributed by atoms with E-state index in [9.17, 15) is 4.79 Å². The minimum Gasteiger partial charge on any atom is -0.326 e. The lowest BCUT2D eigenvalue weighted by molar-refractivity contribution is -0.114. The van der Waals surface area contributed by atoms with Gasteiger partial charge >= 0.3 is 0 Å². The fraction of sp³-hybridized carbons (Fsp3) is 0.333. The van der Waals surface area contributed by atoms with Gasteiger partial charge in [-0.1, -0.05) is 6.07 Å². The van der Waals surface area contributed by atoms with Crippen molar-refractivity contribution in [2.24, 2.45) is 0 Å². The fourth-order valence-corrected chi connectivity index (χ4v) is 3.28. The van der Waals surface area contributed by atoms with E-state index in [1.165, 1.54) is 25.5 Å². The first-order chi connectivity index (χ1) is 11.6. The molecule has 1 N–H and O–H groups in total. The lowest BCUT2D eigenvalue weighted by atomic mass is 10.0. The predicted molar refractivity (Wildman–Crippen MR) is 91.9 cm³/mol. The van der Waals surface area contributed by atoms with Gasteiger partial charge in [-0.15, -0.1) is 5.10 Å². The van der Waals surface area contributed by atoms with Crippen LogP contribution in [0.1, 0.15) is 36.7 Å². The number of fused-ring (bicyclic) bond motifs is 3. The highest BCUT2D eigenvalue weighted by Crippen LogP contribution is 2.26. The Labute approximate surface area is 139 Å². The molecule has 0 spiro atoms. The zero-order valence-electron chi connectivity index (χ0n) is 13.8.